The molecule has 1 rings (SSSR count). The van der Waals surface area contributed by atoms with E-state index in [0.717, 1.165) is 11.3 Å². The topological polar surface area (TPSA) is 35.2 Å². The van der Waals surface area contributed by atoms with Crippen LogP contribution >= 0.6 is 11.6 Å². The lowest BCUT2D eigenvalue weighted by Gasteiger charge is -2.20. The van der Waals surface area contributed by atoms with E-state index in [2.05, 4.69) is 13.8 Å². The van der Waals surface area contributed by atoms with Crippen LogP contribution in [0, 0.1) is 5.92 Å². The Kier molecular flexibility index (Phi) is 4.43. The molecule has 0 saturated carbocycles. The lowest BCUT2D eigenvalue weighted by atomic mass is 10.1. The smallest absolute Gasteiger partial charge is 0.125 e. The fourth-order valence-electron chi connectivity index (χ4n) is 1.18. The van der Waals surface area contributed by atoms with Crippen molar-refractivity contribution in [2.24, 2.45) is 11.7 Å². The van der Waals surface area contributed by atoms with Gasteiger partial charge in [-0.3, -0.25) is 0 Å². The summed E-state index contributed by atoms with van der Waals surface area (Å²) >= 11 is 6.03. The van der Waals surface area contributed by atoms with E-state index < -0.39 is 0 Å². The fourth-order valence-corrected chi connectivity index (χ4v) is 1.43. The number of hydrogen-bond acceptors (Lipinski definition) is 2. The van der Waals surface area contributed by atoms with Crippen molar-refractivity contribution in [2.75, 3.05) is 0 Å². The van der Waals surface area contributed by atoms with Crippen LogP contribution in [0.4, 0.5) is 0 Å². The van der Waals surface area contributed by atoms with Crippen molar-refractivity contribution in [1.29, 1.82) is 0 Å². The molecule has 3 heteroatoms. The second-order valence-electron chi connectivity index (χ2n) is 3.99. The molecule has 0 aromatic heterocycles. The minimum atomic E-state index is 0.161. The minimum absolute atomic E-state index is 0.161. The third kappa shape index (κ3) is 3.11. The van der Waals surface area contributed by atoms with Crippen LogP contribution in [0.5, 0.6) is 5.75 Å². The van der Waals surface area contributed by atoms with Gasteiger partial charge in [0.05, 0.1) is 6.10 Å². The Morgan fingerprint density at radius 1 is 1.33 bits per heavy atom. The second kappa shape index (κ2) is 5.38. The van der Waals surface area contributed by atoms with Gasteiger partial charge in [0.15, 0.2) is 0 Å². The van der Waals surface area contributed by atoms with Gasteiger partial charge in [-0.05, 0) is 25.0 Å². The molecule has 0 aliphatic heterocycles. The molecule has 0 saturated heterocycles. The Balaban J connectivity index is 2.89. The number of halogens is 1. The molecular weight excluding hydrogens is 210 g/mol. The van der Waals surface area contributed by atoms with Gasteiger partial charge in [-0.15, -0.1) is 0 Å². The summed E-state index contributed by atoms with van der Waals surface area (Å²) in [6, 6.07) is 5.62. The van der Waals surface area contributed by atoms with E-state index in [1.807, 2.05) is 25.1 Å². The van der Waals surface area contributed by atoms with Crippen molar-refractivity contribution < 1.29 is 4.74 Å². The lowest BCUT2D eigenvalue weighted by Crippen LogP contribution is -2.19. The fraction of sp³-hybridized carbons (Fsp3) is 0.500. The Labute approximate surface area is 96.4 Å². The molecule has 15 heavy (non-hydrogen) atoms. The van der Waals surface area contributed by atoms with Crippen molar-refractivity contribution in [3.8, 4) is 5.75 Å². The molecule has 1 aromatic carbocycles. The molecule has 1 unspecified atom stereocenters. The standard InChI is InChI=1S/C12H18ClNO/c1-8(2)9(3)15-12-6-4-5-11(13)10(12)7-14/h4-6,8-9H,7,14H2,1-3H3. The number of ether oxygens (including phenoxy) is 1. The van der Waals surface area contributed by atoms with Gasteiger partial charge in [-0.25, -0.2) is 0 Å². The third-order valence-electron chi connectivity index (χ3n) is 2.53. The summed E-state index contributed by atoms with van der Waals surface area (Å²) < 4.78 is 5.81. The summed E-state index contributed by atoms with van der Waals surface area (Å²) in [6.07, 6.45) is 0.161. The normalized spacial score (nSPS) is 12.9. The van der Waals surface area contributed by atoms with Crippen LogP contribution in [-0.4, -0.2) is 6.10 Å². The molecular formula is C12H18ClNO. The van der Waals surface area contributed by atoms with Crippen LogP contribution in [0.3, 0.4) is 0 Å². The first-order chi connectivity index (χ1) is 7.06. The SMILES string of the molecule is CC(C)C(C)Oc1cccc(Cl)c1CN. The Morgan fingerprint density at radius 3 is 2.53 bits per heavy atom. The number of benzene rings is 1. The van der Waals surface area contributed by atoms with Crippen LogP contribution in [0.1, 0.15) is 26.3 Å². The quantitative estimate of drug-likeness (QED) is 0.857. The van der Waals surface area contributed by atoms with Gasteiger partial charge < -0.3 is 10.5 Å². The molecule has 0 aliphatic rings. The lowest BCUT2D eigenvalue weighted by molar-refractivity contribution is 0.169. The van der Waals surface area contributed by atoms with Crippen molar-refractivity contribution in [3.05, 3.63) is 28.8 Å². The summed E-state index contributed by atoms with van der Waals surface area (Å²) in [6.45, 7) is 6.69. The van der Waals surface area contributed by atoms with Crippen LogP contribution in [0.2, 0.25) is 5.02 Å². The van der Waals surface area contributed by atoms with E-state index in [0.29, 0.717) is 17.5 Å². The summed E-state index contributed by atoms with van der Waals surface area (Å²) in [5.41, 5.74) is 6.52. The Hall–Kier alpha value is -0.730. The molecule has 0 bridgehead atoms. The Bertz CT molecular complexity index is 325. The first kappa shape index (κ1) is 12.3. The van der Waals surface area contributed by atoms with E-state index in [-0.39, 0.29) is 6.10 Å². The summed E-state index contributed by atoms with van der Waals surface area (Å²) in [7, 11) is 0. The van der Waals surface area contributed by atoms with Crippen LogP contribution in [0.15, 0.2) is 18.2 Å². The van der Waals surface area contributed by atoms with E-state index in [4.69, 9.17) is 22.1 Å². The predicted octanol–water partition coefficient (Wildman–Crippen LogP) is 3.22. The Morgan fingerprint density at radius 2 is 2.00 bits per heavy atom. The molecule has 0 aliphatic carbocycles. The summed E-state index contributed by atoms with van der Waals surface area (Å²) in [5, 5.41) is 0.672. The highest BCUT2D eigenvalue weighted by molar-refractivity contribution is 6.31. The molecule has 2 nitrogen and oxygen atoms in total. The third-order valence-corrected chi connectivity index (χ3v) is 2.89. The molecule has 0 amide bonds. The van der Waals surface area contributed by atoms with Crippen LogP contribution in [-0.2, 0) is 6.54 Å². The molecule has 2 N–H and O–H groups in total. The minimum Gasteiger partial charge on any atom is -0.490 e. The predicted molar refractivity (Wildman–Crippen MR) is 64.3 cm³/mol. The summed E-state index contributed by atoms with van der Waals surface area (Å²) in [5.74, 6) is 1.26. The van der Waals surface area contributed by atoms with Gasteiger partial charge >= 0.3 is 0 Å². The van der Waals surface area contributed by atoms with Crippen molar-refractivity contribution in [1.82, 2.24) is 0 Å². The van der Waals surface area contributed by atoms with Crippen molar-refractivity contribution in [3.63, 3.8) is 0 Å². The van der Waals surface area contributed by atoms with Gasteiger partial charge in [0.1, 0.15) is 5.75 Å². The first-order valence-electron chi connectivity index (χ1n) is 5.20. The van der Waals surface area contributed by atoms with Gasteiger partial charge in [0, 0.05) is 17.1 Å². The van der Waals surface area contributed by atoms with E-state index in [1.54, 1.807) is 0 Å². The maximum atomic E-state index is 6.03. The van der Waals surface area contributed by atoms with E-state index in [9.17, 15) is 0 Å². The molecule has 0 fully saturated rings. The zero-order chi connectivity index (χ0) is 11.4. The van der Waals surface area contributed by atoms with Crippen LogP contribution < -0.4 is 10.5 Å². The molecule has 1 aromatic rings. The van der Waals surface area contributed by atoms with Crippen LogP contribution in [0.25, 0.3) is 0 Å². The van der Waals surface area contributed by atoms with Crippen molar-refractivity contribution >= 4 is 11.6 Å². The molecule has 0 spiro atoms. The van der Waals surface area contributed by atoms with E-state index >= 15 is 0 Å². The molecule has 0 heterocycles. The van der Waals surface area contributed by atoms with E-state index in [1.165, 1.54) is 0 Å². The maximum Gasteiger partial charge on any atom is 0.125 e. The second-order valence-corrected chi connectivity index (χ2v) is 4.39. The zero-order valence-corrected chi connectivity index (χ0v) is 10.2. The molecule has 0 radical (unpaired) electrons. The monoisotopic (exact) mass is 227 g/mol. The van der Waals surface area contributed by atoms with Gasteiger partial charge in [-0.2, -0.15) is 0 Å². The first-order valence-corrected chi connectivity index (χ1v) is 5.58. The van der Waals surface area contributed by atoms with Gasteiger partial charge in [0.2, 0.25) is 0 Å². The molecule has 84 valence electrons. The largest absolute Gasteiger partial charge is 0.490 e. The van der Waals surface area contributed by atoms with Crippen molar-refractivity contribution in [2.45, 2.75) is 33.4 Å². The average Bonchev–Trinajstić information content (AvgIpc) is 2.18. The number of rotatable bonds is 4. The number of nitrogens with two attached hydrogens (primary N) is 1. The highest BCUT2D eigenvalue weighted by Gasteiger charge is 2.12. The summed E-state index contributed by atoms with van der Waals surface area (Å²) in [4.78, 5) is 0. The molecule has 1 atom stereocenters. The average molecular weight is 228 g/mol. The number of hydrogen-bond donors (Lipinski definition) is 1. The highest BCUT2D eigenvalue weighted by atomic mass is 35.5. The highest BCUT2D eigenvalue weighted by Crippen LogP contribution is 2.27. The maximum absolute atomic E-state index is 6.03. The van der Waals surface area contributed by atoms with Gasteiger partial charge in [0.25, 0.3) is 0 Å². The van der Waals surface area contributed by atoms with Gasteiger partial charge in [-0.1, -0.05) is 31.5 Å². The zero-order valence-electron chi connectivity index (χ0n) is 9.46.